The van der Waals surface area contributed by atoms with Gasteiger partial charge in [0.1, 0.15) is 5.75 Å². The molecule has 2 aromatic carbocycles. The fraction of sp³-hybridized carbons (Fsp3) is 0.333. The van der Waals surface area contributed by atoms with Crippen LogP contribution >= 0.6 is 0 Å². The van der Waals surface area contributed by atoms with E-state index in [0.29, 0.717) is 13.2 Å². The molecule has 0 heterocycles. The van der Waals surface area contributed by atoms with Gasteiger partial charge in [0.2, 0.25) is 0 Å². The normalized spacial score (nSPS) is 10.6. The number of ether oxygens (including phenoxy) is 2. The van der Waals surface area contributed by atoms with Crippen molar-refractivity contribution in [2.24, 2.45) is 0 Å². The molecule has 0 radical (unpaired) electrons. The molecule has 3 heteroatoms. The molecule has 0 bridgehead atoms. The summed E-state index contributed by atoms with van der Waals surface area (Å²) in [6.07, 6.45) is 0. The van der Waals surface area contributed by atoms with Gasteiger partial charge in [-0.25, -0.2) is 0 Å². The highest BCUT2D eigenvalue weighted by Gasteiger charge is 2.02. The third-order valence-electron chi connectivity index (χ3n) is 3.34. The van der Waals surface area contributed by atoms with E-state index in [2.05, 4.69) is 36.5 Å². The van der Waals surface area contributed by atoms with Gasteiger partial charge in [-0.05, 0) is 35.4 Å². The zero-order valence-corrected chi connectivity index (χ0v) is 12.8. The first-order chi connectivity index (χ1) is 10.3. The first-order valence-corrected chi connectivity index (χ1v) is 7.31. The highest BCUT2D eigenvalue weighted by Crippen LogP contribution is 2.15. The van der Waals surface area contributed by atoms with E-state index in [9.17, 15) is 0 Å². The fourth-order valence-electron chi connectivity index (χ4n) is 2.17. The minimum atomic E-state index is 0.590. The Morgan fingerprint density at radius 2 is 1.76 bits per heavy atom. The number of hydrogen-bond acceptors (Lipinski definition) is 3. The lowest BCUT2D eigenvalue weighted by atomic mass is 10.1. The third-order valence-corrected chi connectivity index (χ3v) is 3.34. The van der Waals surface area contributed by atoms with Crippen LogP contribution in [0.2, 0.25) is 0 Å². The van der Waals surface area contributed by atoms with Crippen molar-refractivity contribution in [1.82, 2.24) is 5.32 Å². The van der Waals surface area contributed by atoms with Crippen molar-refractivity contribution in [3.05, 3.63) is 65.2 Å². The van der Waals surface area contributed by atoms with Gasteiger partial charge >= 0.3 is 0 Å². The average Bonchev–Trinajstić information content (AvgIpc) is 2.54. The Balaban J connectivity index is 1.90. The maximum Gasteiger partial charge on any atom is 0.119 e. The molecular weight excluding hydrogens is 262 g/mol. The number of nitrogens with one attached hydrogen (secondary N) is 1. The predicted molar refractivity (Wildman–Crippen MR) is 85.3 cm³/mol. The molecule has 0 fully saturated rings. The molecule has 3 nitrogen and oxygen atoms in total. The van der Waals surface area contributed by atoms with E-state index in [-0.39, 0.29) is 0 Å². The lowest BCUT2D eigenvalue weighted by Gasteiger charge is -2.11. The van der Waals surface area contributed by atoms with Crippen LogP contribution in [0.5, 0.6) is 5.75 Å². The molecule has 0 spiro atoms. The number of benzene rings is 2. The van der Waals surface area contributed by atoms with Crippen LogP contribution in [0.1, 0.15) is 23.6 Å². The first kappa shape index (κ1) is 15.5. The highest BCUT2D eigenvalue weighted by molar-refractivity contribution is 5.28. The first-order valence-electron chi connectivity index (χ1n) is 7.31. The summed E-state index contributed by atoms with van der Waals surface area (Å²) >= 11 is 0. The van der Waals surface area contributed by atoms with E-state index in [1.807, 2.05) is 24.3 Å². The molecule has 0 aliphatic rings. The summed E-state index contributed by atoms with van der Waals surface area (Å²) in [5.41, 5.74) is 3.66. The minimum Gasteiger partial charge on any atom is -0.497 e. The Morgan fingerprint density at radius 3 is 2.52 bits per heavy atom. The smallest absolute Gasteiger partial charge is 0.119 e. The van der Waals surface area contributed by atoms with Gasteiger partial charge in [-0.1, -0.05) is 43.3 Å². The van der Waals surface area contributed by atoms with Crippen molar-refractivity contribution in [3.63, 3.8) is 0 Å². The largest absolute Gasteiger partial charge is 0.497 e. The predicted octanol–water partition coefficient (Wildman–Crippen LogP) is 3.52. The Hall–Kier alpha value is -1.84. The Morgan fingerprint density at radius 1 is 0.952 bits per heavy atom. The summed E-state index contributed by atoms with van der Waals surface area (Å²) in [7, 11) is 1.68. The van der Waals surface area contributed by atoms with Crippen molar-refractivity contribution in [2.45, 2.75) is 26.7 Å². The molecule has 0 saturated heterocycles. The van der Waals surface area contributed by atoms with Crippen LogP contribution in [0.15, 0.2) is 48.5 Å². The Kier molecular flexibility index (Phi) is 6.25. The molecular formula is C18H23NO2. The number of rotatable bonds is 8. The van der Waals surface area contributed by atoms with Gasteiger partial charge in [-0.2, -0.15) is 0 Å². The van der Waals surface area contributed by atoms with E-state index < -0.39 is 0 Å². The van der Waals surface area contributed by atoms with Crippen LogP contribution in [0.4, 0.5) is 0 Å². The van der Waals surface area contributed by atoms with Crippen LogP contribution in [0.3, 0.4) is 0 Å². The minimum absolute atomic E-state index is 0.590. The molecule has 2 rings (SSSR count). The molecule has 2 aromatic rings. The summed E-state index contributed by atoms with van der Waals surface area (Å²) in [6, 6.07) is 16.4. The highest BCUT2D eigenvalue weighted by atomic mass is 16.5. The second-order valence-electron chi connectivity index (χ2n) is 4.89. The van der Waals surface area contributed by atoms with Crippen molar-refractivity contribution in [2.75, 3.05) is 13.7 Å². The molecule has 0 saturated carbocycles. The van der Waals surface area contributed by atoms with Gasteiger partial charge in [-0.15, -0.1) is 0 Å². The molecule has 0 atom stereocenters. The van der Waals surface area contributed by atoms with Gasteiger partial charge in [0, 0.05) is 6.54 Å². The summed E-state index contributed by atoms with van der Waals surface area (Å²) in [5.74, 6) is 0.864. The third kappa shape index (κ3) is 4.88. The molecule has 21 heavy (non-hydrogen) atoms. The molecule has 0 aromatic heterocycles. The van der Waals surface area contributed by atoms with Gasteiger partial charge in [-0.3, -0.25) is 0 Å². The average molecular weight is 285 g/mol. The summed E-state index contributed by atoms with van der Waals surface area (Å²) in [4.78, 5) is 0. The van der Waals surface area contributed by atoms with Crippen molar-refractivity contribution in [3.8, 4) is 5.75 Å². The lowest BCUT2D eigenvalue weighted by molar-refractivity contribution is 0.106. The van der Waals surface area contributed by atoms with Crippen LogP contribution < -0.4 is 10.1 Å². The standard InChI is InChI=1S/C18H23NO2/c1-3-19-12-16-8-4-5-9-17(16)14-21-13-15-7-6-10-18(11-15)20-2/h4-11,19H,3,12-14H2,1-2H3. The van der Waals surface area contributed by atoms with Crippen molar-refractivity contribution >= 4 is 0 Å². The monoisotopic (exact) mass is 285 g/mol. The van der Waals surface area contributed by atoms with Crippen LogP contribution in [0, 0.1) is 0 Å². The fourth-order valence-corrected chi connectivity index (χ4v) is 2.17. The Bertz CT molecular complexity index is 554. The van der Waals surface area contributed by atoms with Crippen LogP contribution in [-0.4, -0.2) is 13.7 Å². The molecule has 1 N–H and O–H groups in total. The molecule has 112 valence electrons. The molecule has 0 aliphatic carbocycles. The van der Waals surface area contributed by atoms with E-state index in [4.69, 9.17) is 9.47 Å². The van der Waals surface area contributed by atoms with Crippen molar-refractivity contribution in [1.29, 1.82) is 0 Å². The van der Waals surface area contributed by atoms with Gasteiger partial charge < -0.3 is 14.8 Å². The van der Waals surface area contributed by atoms with Crippen LogP contribution in [0.25, 0.3) is 0 Å². The molecule has 0 amide bonds. The van der Waals surface area contributed by atoms with Gasteiger partial charge in [0.05, 0.1) is 20.3 Å². The molecule has 0 unspecified atom stereocenters. The second-order valence-corrected chi connectivity index (χ2v) is 4.89. The Labute approximate surface area is 126 Å². The maximum absolute atomic E-state index is 5.84. The van der Waals surface area contributed by atoms with Gasteiger partial charge in [0.15, 0.2) is 0 Å². The topological polar surface area (TPSA) is 30.5 Å². The SMILES string of the molecule is CCNCc1ccccc1COCc1cccc(OC)c1. The van der Waals surface area contributed by atoms with E-state index in [1.165, 1.54) is 11.1 Å². The van der Waals surface area contributed by atoms with Gasteiger partial charge in [0.25, 0.3) is 0 Å². The van der Waals surface area contributed by atoms with Crippen molar-refractivity contribution < 1.29 is 9.47 Å². The molecule has 0 aliphatic heterocycles. The zero-order valence-electron chi connectivity index (χ0n) is 12.8. The number of methoxy groups -OCH3 is 1. The number of hydrogen-bond donors (Lipinski definition) is 1. The summed E-state index contributed by atoms with van der Waals surface area (Å²) < 4.78 is 11.1. The van der Waals surface area contributed by atoms with Crippen LogP contribution in [-0.2, 0) is 24.5 Å². The van der Waals surface area contributed by atoms with E-state index in [1.54, 1.807) is 7.11 Å². The summed E-state index contributed by atoms with van der Waals surface area (Å²) in [5, 5.41) is 3.36. The van der Waals surface area contributed by atoms with E-state index in [0.717, 1.165) is 24.4 Å². The zero-order chi connectivity index (χ0) is 14.9. The maximum atomic E-state index is 5.84. The lowest BCUT2D eigenvalue weighted by Crippen LogP contribution is -2.13. The second kappa shape index (κ2) is 8.45. The summed E-state index contributed by atoms with van der Waals surface area (Å²) in [6.45, 7) is 5.18. The quantitative estimate of drug-likeness (QED) is 0.805. The van der Waals surface area contributed by atoms with E-state index >= 15 is 0 Å².